The van der Waals surface area contributed by atoms with Gasteiger partial charge in [-0.2, -0.15) is 0 Å². The highest BCUT2D eigenvalue weighted by Crippen LogP contribution is 2.35. The molecule has 0 bridgehead atoms. The van der Waals surface area contributed by atoms with Gasteiger partial charge in [-0.05, 0) is 50.5 Å². The Morgan fingerprint density at radius 1 is 1.32 bits per heavy atom. The molecule has 3 nitrogen and oxygen atoms in total. The monoisotopic (exact) mass is 317 g/mol. The molecule has 0 aliphatic carbocycles. The van der Waals surface area contributed by atoms with Crippen LogP contribution >= 0.6 is 12.2 Å². The molecule has 1 saturated heterocycles. The first-order valence-corrected chi connectivity index (χ1v) is 7.94. The van der Waals surface area contributed by atoms with Gasteiger partial charge in [0.05, 0.1) is 6.04 Å². The molecule has 4 heteroatoms. The molecular weight excluding hydrogens is 294 g/mol. The van der Waals surface area contributed by atoms with Gasteiger partial charge < -0.3 is 4.74 Å². The molecule has 0 unspecified atom stereocenters. The van der Waals surface area contributed by atoms with Crippen LogP contribution in [0.2, 0.25) is 0 Å². The predicted molar refractivity (Wildman–Crippen MR) is 93.3 cm³/mol. The zero-order chi connectivity index (χ0) is 16.5. The Kier molecular flexibility index (Phi) is 4.71. The number of carbonyl (C=O) groups is 1. The first-order chi connectivity index (χ1) is 10.2. The van der Waals surface area contributed by atoms with E-state index < -0.39 is 5.60 Å². The lowest BCUT2D eigenvalue weighted by Gasteiger charge is -2.31. The Morgan fingerprint density at radius 2 is 1.91 bits per heavy atom. The van der Waals surface area contributed by atoms with Crippen molar-refractivity contribution >= 4 is 29.4 Å². The number of ether oxygens (including phenoxy) is 1. The van der Waals surface area contributed by atoms with Crippen LogP contribution in [0.3, 0.4) is 0 Å². The third kappa shape index (κ3) is 3.22. The molecule has 22 heavy (non-hydrogen) atoms. The summed E-state index contributed by atoms with van der Waals surface area (Å²) in [7, 11) is 0. The largest absolute Gasteiger partial charge is 0.462 e. The molecular formula is C18H23NO2S. The Labute approximate surface area is 138 Å². The van der Waals surface area contributed by atoms with Gasteiger partial charge >= 0.3 is 0 Å². The van der Waals surface area contributed by atoms with Crippen LogP contribution in [0.4, 0.5) is 0 Å². The molecule has 1 aromatic carbocycles. The summed E-state index contributed by atoms with van der Waals surface area (Å²) in [5, 5.41) is 0.273. The first-order valence-electron chi connectivity index (χ1n) is 7.54. The lowest BCUT2D eigenvalue weighted by atomic mass is 9.88. The molecule has 1 aromatic rings. The van der Waals surface area contributed by atoms with E-state index >= 15 is 0 Å². The number of hydrogen-bond donors (Lipinski definition) is 0. The van der Waals surface area contributed by atoms with E-state index in [1.165, 1.54) is 0 Å². The molecule has 1 amide bonds. The average Bonchev–Trinajstić information content (AvgIpc) is 2.68. The van der Waals surface area contributed by atoms with Crippen LogP contribution in [0.1, 0.15) is 40.2 Å². The van der Waals surface area contributed by atoms with Crippen LogP contribution in [0, 0.1) is 5.92 Å². The van der Waals surface area contributed by atoms with Gasteiger partial charge in [0.25, 0.3) is 11.1 Å². The van der Waals surface area contributed by atoms with Gasteiger partial charge in [0.15, 0.2) is 0 Å². The van der Waals surface area contributed by atoms with Gasteiger partial charge in [0.2, 0.25) is 0 Å². The fourth-order valence-electron chi connectivity index (χ4n) is 3.12. The van der Waals surface area contributed by atoms with Crippen molar-refractivity contribution in [1.29, 1.82) is 0 Å². The van der Waals surface area contributed by atoms with Crippen LogP contribution in [0.25, 0.3) is 6.08 Å². The summed E-state index contributed by atoms with van der Waals surface area (Å²) < 4.78 is 5.77. The molecule has 0 radical (unpaired) electrons. The summed E-state index contributed by atoms with van der Waals surface area (Å²) in [6.07, 6.45) is 1.88. The zero-order valence-corrected chi connectivity index (χ0v) is 14.6. The molecule has 0 spiro atoms. The van der Waals surface area contributed by atoms with Crippen molar-refractivity contribution in [3.05, 3.63) is 41.5 Å². The average molecular weight is 317 g/mol. The molecule has 1 heterocycles. The lowest BCUT2D eigenvalue weighted by Crippen LogP contribution is -2.48. The van der Waals surface area contributed by atoms with E-state index in [0.717, 1.165) is 5.56 Å². The predicted octanol–water partition coefficient (Wildman–Crippen LogP) is 4.04. The molecule has 1 fully saturated rings. The Morgan fingerprint density at radius 3 is 2.45 bits per heavy atom. The van der Waals surface area contributed by atoms with Gasteiger partial charge in [-0.1, -0.05) is 44.2 Å². The van der Waals surface area contributed by atoms with Crippen LogP contribution in [0.15, 0.2) is 35.9 Å². The van der Waals surface area contributed by atoms with E-state index in [-0.39, 0.29) is 23.0 Å². The number of carbonyl (C=O) groups excluding carboxylic acids is 1. The second-order valence-corrected chi connectivity index (χ2v) is 6.92. The van der Waals surface area contributed by atoms with Gasteiger partial charge in [-0.3, -0.25) is 9.69 Å². The topological polar surface area (TPSA) is 29.5 Å². The highest BCUT2D eigenvalue weighted by molar-refractivity contribution is 7.80. The van der Waals surface area contributed by atoms with Gasteiger partial charge in [0, 0.05) is 5.57 Å². The van der Waals surface area contributed by atoms with Gasteiger partial charge in [0.1, 0.15) is 5.60 Å². The van der Waals surface area contributed by atoms with E-state index in [9.17, 15) is 4.79 Å². The number of amides is 1. The zero-order valence-electron chi connectivity index (χ0n) is 13.8. The summed E-state index contributed by atoms with van der Waals surface area (Å²) in [6, 6.07) is 9.74. The summed E-state index contributed by atoms with van der Waals surface area (Å²) >= 11 is 5.30. The first kappa shape index (κ1) is 16.7. The second kappa shape index (κ2) is 6.21. The minimum atomic E-state index is -0.464. The highest BCUT2D eigenvalue weighted by atomic mass is 32.1. The lowest BCUT2D eigenvalue weighted by molar-refractivity contribution is -0.125. The van der Waals surface area contributed by atoms with E-state index in [2.05, 4.69) is 13.8 Å². The molecule has 1 aliphatic heterocycles. The molecule has 0 aromatic heterocycles. The molecule has 0 saturated carbocycles. The highest BCUT2D eigenvalue weighted by Gasteiger charge is 2.49. The molecule has 118 valence electrons. The Hall–Kier alpha value is -1.68. The van der Waals surface area contributed by atoms with E-state index in [1.807, 2.05) is 57.2 Å². The van der Waals surface area contributed by atoms with Gasteiger partial charge in [-0.15, -0.1) is 0 Å². The van der Waals surface area contributed by atoms with Crippen molar-refractivity contribution in [2.45, 2.75) is 46.3 Å². The van der Waals surface area contributed by atoms with E-state index in [4.69, 9.17) is 17.0 Å². The summed E-state index contributed by atoms with van der Waals surface area (Å²) in [5.41, 5.74) is 1.19. The smallest absolute Gasteiger partial charge is 0.267 e. The van der Waals surface area contributed by atoms with E-state index in [0.29, 0.717) is 5.57 Å². The van der Waals surface area contributed by atoms with Crippen molar-refractivity contribution in [3.8, 4) is 0 Å². The van der Waals surface area contributed by atoms with Crippen LogP contribution in [-0.4, -0.2) is 27.6 Å². The third-order valence-corrected chi connectivity index (χ3v) is 4.19. The quantitative estimate of drug-likeness (QED) is 0.622. The summed E-state index contributed by atoms with van der Waals surface area (Å²) in [6.45, 7) is 9.95. The minimum absolute atomic E-state index is 0.0633. The van der Waals surface area contributed by atoms with Gasteiger partial charge in [-0.25, -0.2) is 0 Å². The standard InChI is InChI=1S/C18H23NO2S/c1-12(2)15-18(4,5)21-17(22)19(15)16(20)13(3)11-14-9-7-6-8-10-14/h6-12,15H,1-5H3/b13-11+/t15-/m0/s1. The SMILES string of the molecule is C/C(=C\c1ccccc1)C(=O)N1C(=S)OC(C)(C)[C@@H]1C(C)C. The minimum Gasteiger partial charge on any atom is -0.462 e. The fourth-order valence-corrected chi connectivity index (χ4v) is 3.53. The third-order valence-electron chi connectivity index (χ3n) is 3.91. The normalized spacial score (nSPS) is 21.2. The molecule has 1 atom stereocenters. The van der Waals surface area contributed by atoms with E-state index in [1.54, 1.807) is 4.90 Å². The maximum Gasteiger partial charge on any atom is 0.267 e. The maximum atomic E-state index is 12.9. The molecule has 2 rings (SSSR count). The van der Waals surface area contributed by atoms with Crippen molar-refractivity contribution in [3.63, 3.8) is 0 Å². The Balaban J connectivity index is 2.31. The number of nitrogens with zero attached hydrogens (tertiary/aromatic N) is 1. The van der Waals surface area contributed by atoms with Crippen LogP contribution in [-0.2, 0) is 9.53 Å². The Bertz CT molecular complexity index is 605. The van der Waals surface area contributed by atoms with Crippen molar-refractivity contribution in [1.82, 2.24) is 4.90 Å². The van der Waals surface area contributed by atoms with Crippen molar-refractivity contribution in [2.24, 2.45) is 5.92 Å². The van der Waals surface area contributed by atoms with Crippen molar-refractivity contribution in [2.75, 3.05) is 0 Å². The maximum absolute atomic E-state index is 12.9. The summed E-state index contributed by atoms with van der Waals surface area (Å²) in [4.78, 5) is 14.5. The molecule has 1 aliphatic rings. The number of hydrogen-bond acceptors (Lipinski definition) is 3. The number of rotatable bonds is 3. The van der Waals surface area contributed by atoms with Crippen LogP contribution < -0.4 is 0 Å². The second-order valence-electron chi connectivity index (χ2n) is 6.57. The number of thiocarbonyl (C=S) groups is 1. The molecule has 0 N–H and O–H groups in total. The fraction of sp³-hybridized carbons (Fsp3) is 0.444. The summed E-state index contributed by atoms with van der Waals surface area (Å²) in [5.74, 6) is 0.169. The van der Waals surface area contributed by atoms with Crippen LogP contribution in [0.5, 0.6) is 0 Å². The van der Waals surface area contributed by atoms with Crippen molar-refractivity contribution < 1.29 is 9.53 Å². The number of benzene rings is 1.